The zero-order valence-corrected chi connectivity index (χ0v) is 20.5. The van der Waals surface area contributed by atoms with Gasteiger partial charge in [0.2, 0.25) is 0 Å². The Morgan fingerprint density at radius 3 is 1.30 bits per heavy atom. The van der Waals surface area contributed by atoms with Crippen LogP contribution in [0.2, 0.25) is 0 Å². The molecule has 1 aliphatic carbocycles. The minimum atomic E-state index is -1.42. The van der Waals surface area contributed by atoms with Gasteiger partial charge in [0.05, 0.1) is 19.8 Å². The highest BCUT2D eigenvalue weighted by molar-refractivity contribution is 5.15. The first-order chi connectivity index (χ1) is 18.1. The Balaban J connectivity index is 1.37. The minimum absolute atomic E-state index is 0.151. The zero-order chi connectivity index (χ0) is 25.9. The maximum atomic E-state index is 11.1. The van der Waals surface area contributed by atoms with Gasteiger partial charge in [-0.1, -0.05) is 91.0 Å². The minimum Gasteiger partial charge on any atom is -0.387 e. The molecular weight excluding hydrogens is 476 g/mol. The van der Waals surface area contributed by atoms with Crippen LogP contribution in [-0.4, -0.2) is 65.5 Å². The van der Waals surface area contributed by atoms with Crippen LogP contribution in [0, 0.1) is 0 Å². The van der Waals surface area contributed by atoms with E-state index in [0.29, 0.717) is 13.2 Å². The monoisotopic (exact) mass is 510 g/mol. The first-order valence-electron chi connectivity index (χ1n) is 12.3. The van der Waals surface area contributed by atoms with E-state index in [1.54, 1.807) is 0 Å². The highest BCUT2D eigenvalue weighted by Crippen LogP contribution is 2.29. The van der Waals surface area contributed by atoms with E-state index in [-0.39, 0.29) is 20.2 Å². The van der Waals surface area contributed by atoms with Gasteiger partial charge in [0.25, 0.3) is 0 Å². The normalized spacial score (nSPS) is 25.7. The number of ether oxygens (including phenoxy) is 5. The van der Waals surface area contributed by atoms with Gasteiger partial charge in [-0.15, -0.1) is 0 Å². The number of benzene rings is 3. The second kappa shape index (κ2) is 14.3. The molecule has 0 radical (unpaired) electrons. The molecule has 8 heteroatoms. The summed E-state index contributed by atoms with van der Waals surface area (Å²) < 4.78 is 28.6. The van der Waals surface area contributed by atoms with E-state index in [1.165, 1.54) is 0 Å². The molecule has 0 unspecified atom stereocenters. The number of rotatable bonds is 13. The van der Waals surface area contributed by atoms with Crippen LogP contribution in [0.3, 0.4) is 0 Å². The second-order valence-electron chi connectivity index (χ2n) is 8.90. The highest BCUT2D eigenvalue weighted by atomic mass is 16.7. The number of aliphatic hydroxyl groups is 3. The lowest BCUT2D eigenvalue weighted by atomic mass is 9.84. The van der Waals surface area contributed by atoms with E-state index >= 15 is 0 Å². The van der Waals surface area contributed by atoms with Crippen LogP contribution in [0.15, 0.2) is 91.0 Å². The molecule has 1 saturated carbocycles. The smallest absolute Gasteiger partial charge is 0.147 e. The predicted molar refractivity (Wildman–Crippen MR) is 135 cm³/mol. The van der Waals surface area contributed by atoms with E-state index in [1.807, 2.05) is 91.0 Å². The summed E-state index contributed by atoms with van der Waals surface area (Å²) in [5.41, 5.74) is 2.81. The average molecular weight is 511 g/mol. The first kappa shape index (κ1) is 27.4. The molecule has 0 spiro atoms. The molecule has 0 aliphatic heterocycles. The number of hydrogen-bond donors (Lipinski definition) is 3. The van der Waals surface area contributed by atoms with Gasteiger partial charge in [0.15, 0.2) is 0 Å². The lowest BCUT2D eigenvalue weighted by Crippen LogP contribution is -2.65. The van der Waals surface area contributed by atoms with Gasteiger partial charge in [0, 0.05) is 0 Å². The third kappa shape index (κ3) is 7.91. The third-order valence-corrected chi connectivity index (χ3v) is 6.22. The maximum Gasteiger partial charge on any atom is 0.147 e. The Morgan fingerprint density at radius 2 is 0.811 bits per heavy atom. The third-order valence-electron chi connectivity index (χ3n) is 6.22. The SMILES string of the molecule is O[C@H]1[C@H](O)[C@@H](OCc2ccccc2)[C@@H](OCOCc2ccccc2)[C@@H](O)[C@@H]1OCOCc1ccccc1. The van der Waals surface area contributed by atoms with Crippen LogP contribution >= 0.6 is 0 Å². The van der Waals surface area contributed by atoms with Gasteiger partial charge in [-0.25, -0.2) is 0 Å². The van der Waals surface area contributed by atoms with E-state index < -0.39 is 36.6 Å². The molecule has 3 N–H and O–H groups in total. The van der Waals surface area contributed by atoms with Crippen molar-refractivity contribution in [1.29, 1.82) is 0 Å². The Kier molecular flexibility index (Phi) is 10.6. The lowest BCUT2D eigenvalue weighted by Gasteiger charge is -2.45. The summed E-state index contributed by atoms with van der Waals surface area (Å²) >= 11 is 0. The van der Waals surface area contributed by atoms with Gasteiger partial charge in [0.1, 0.15) is 50.2 Å². The van der Waals surface area contributed by atoms with Gasteiger partial charge in [-0.05, 0) is 16.7 Å². The number of hydrogen-bond acceptors (Lipinski definition) is 8. The predicted octanol–water partition coefficient (Wildman–Crippen LogP) is 2.79. The summed E-state index contributed by atoms with van der Waals surface area (Å²) in [5, 5.41) is 32.8. The van der Waals surface area contributed by atoms with Crippen molar-refractivity contribution in [2.45, 2.75) is 56.4 Å². The molecule has 198 valence electrons. The largest absolute Gasteiger partial charge is 0.387 e. The van der Waals surface area contributed by atoms with E-state index in [0.717, 1.165) is 16.7 Å². The van der Waals surface area contributed by atoms with Gasteiger partial charge < -0.3 is 39.0 Å². The van der Waals surface area contributed by atoms with Crippen LogP contribution in [0.4, 0.5) is 0 Å². The Hall–Kier alpha value is -2.66. The summed E-state index contributed by atoms with van der Waals surface area (Å²) in [7, 11) is 0. The standard InChI is InChI=1S/C29H34O8/c30-24-25(31)28(35-18-23-14-8-3-9-15-23)29(37-20-34-17-22-12-6-2-7-13-22)26(32)27(24)36-19-33-16-21-10-4-1-5-11-21/h1-15,24-32H,16-20H2/t24-,25-,26-,27+,28+,29-/m0/s1. The van der Waals surface area contributed by atoms with Crippen molar-refractivity contribution in [3.63, 3.8) is 0 Å². The van der Waals surface area contributed by atoms with E-state index in [2.05, 4.69) is 0 Å². The molecule has 0 saturated heterocycles. The zero-order valence-electron chi connectivity index (χ0n) is 20.5. The maximum absolute atomic E-state index is 11.1. The van der Waals surface area contributed by atoms with Gasteiger partial charge in [-0.2, -0.15) is 0 Å². The van der Waals surface area contributed by atoms with Crippen LogP contribution in [-0.2, 0) is 43.5 Å². The van der Waals surface area contributed by atoms with Crippen molar-refractivity contribution in [3.8, 4) is 0 Å². The summed E-state index contributed by atoms with van der Waals surface area (Å²) in [4.78, 5) is 0. The fraction of sp³-hybridized carbons (Fsp3) is 0.379. The molecular formula is C29H34O8. The molecule has 0 bridgehead atoms. The Morgan fingerprint density at radius 1 is 0.432 bits per heavy atom. The van der Waals surface area contributed by atoms with Gasteiger partial charge >= 0.3 is 0 Å². The van der Waals surface area contributed by atoms with Crippen LogP contribution in [0.25, 0.3) is 0 Å². The van der Waals surface area contributed by atoms with Crippen LogP contribution in [0.1, 0.15) is 16.7 Å². The molecule has 0 aromatic heterocycles. The molecule has 0 amide bonds. The average Bonchev–Trinajstić information content (AvgIpc) is 2.94. The molecule has 1 fully saturated rings. The van der Waals surface area contributed by atoms with Crippen LogP contribution in [0.5, 0.6) is 0 Å². The molecule has 8 nitrogen and oxygen atoms in total. The van der Waals surface area contributed by atoms with Crippen molar-refractivity contribution in [3.05, 3.63) is 108 Å². The first-order valence-corrected chi connectivity index (χ1v) is 12.3. The van der Waals surface area contributed by atoms with E-state index in [9.17, 15) is 15.3 Å². The Bertz CT molecular complexity index is 1020. The van der Waals surface area contributed by atoms with Gasteiger partial charge in [-0.3, -0.25) is 0 Å². The molecule has 6 atom stereocenters. The van der Waals surface area contributed by atoms with Crippen molar-refractivity contribution >= 4 is 0 Å². The van der Waals surface area contributed by atoms with Crippen molar-refractivity contribution < 1.29 is 39.0 Å². The van der Waals surface area contributed by atoms with E-state index in [4.69, 9.17) is 23.7 Å². The quantitative estimate of drug-likeness (QED) is 0.238. The van der Waals surface area contributed by atoms with Crippen molar-refractivity contribution in [2.24, 2.45) is 0 Å². The second-order valence-corrected chi connectivity index (χ2v) is 8.90. The summed E-state index contributed by atoms with van der Waals surface area (Å²) in [6, 6.07) is 28.6. The summed E-state index contributed by atoms with van der Waals surface area (Å²) in [5.74, 6) is 0. The molecule has 37 heavy (non-hydrogen) atoms. The summed E-state index contributed by atoms with van der Waals surface area (Å²) in [6.07, 6.45) is -7.28. The van der Waals surface area contributed by atoms with Crippen molar-refractivity contribution in [2.75, 3.05) is 13.6 Å². The molecule has 3 aromatic rings. The summed E-state index contributed by atoms with van der Waals surface area (Å²) in [6.45, 7) is 0.448. The highest BCUT2D eigenvalue weighted by Gasteiger charge is 2.51. The molecule has 4 rings (SSSR count). The van der Waals surface area contributed by atoms with Crippen LogP contribution < -0.4 is 0 Å². The van der Waals surface area contributed by atoms with Crippen molar-refractivity contribution in [1.82, 2.24) is 0 Å². The lowest BCUT2D eigenvalue weighted by molar-refractivity contribution is -0.282. The molecule has 3 aromatic carbocycles. The fourth-order valence-corrected chi connectivity index (χ4v) is 4.24. The molecule has 0 heterocycles. The topological polar surface area (TPSA) is 107 Å². The molecule has 1 aliphatic rings. The Labute approximate surface area is 217 Å². The fourth-order valence-electron chi connectivity index (χ4n) is 4.24. The number of aliphatic hydroxyl groups excluding tert-OH is 3.